The fourth-order valence-electron chi connectivity index (χ4n) is 1.90. The molecule has 1 amide bonds. The maximum Gasteiger partial charge on any atom is 0.225 e. The van der Waals surface area contributed by atoms with Gasteiger partial charge in [0, 0.05) is 17.0 Å². The van der Waals surface area contributed by atoms with Crippen LogP contribution in [0.25, 0.3) is 11.1 Å². The number of rotatable bonds is 3. The summed E-state index contributed by atoms with van der Waals surface area (Å²) in [6.07, 6.45) is 0. The van der Waals surface area contributed by atoms with E-state index in [0.29, 0.717) is 6.54 Å². The van der Waals surface area contributed by atoms with Crippen molar-refractivity contribution >= 4 is 17.5 Å². The summed E-state index contributed by atoms with van der Waals surface area (Å²) >= 11 is 5.89. The number of halogens is 1. The highest BCUT2D eigenvalue weighted by molar-refractivity contribution is 6.30. The smallest absolute Gasteiger partial charge is 0.225 e. The first-order valence-corrected chi connectivity index (χ1v) is 7.37. The second-order valence-corrected chi connectivity index (χ2v) is 6.57. The SMILES string of the molecule is CC(C)(C)C(=O)NCc1ccc(-c2ccc(Cl)cc2)cc1. The molecule has 0 aliphatic carbocycles. The molecule has 2 aromatic rings. The second-order valence-electron chi connectivity index (χ2n) is 6.14. The summed E-state index contributed by atoms with van der Waals surface area (Å²) in [5.41, 5.74) is 3.00. The van der Waals surface area contributed by atoms with Crippen LogP contribution in [-0.4, -0.2) is 5.91 Å². The predicted molar refractivity (Wildman–Crippen MR) is 88.2 cm³/mol. The molecule has 0 unspecified atom stereocenters. The number of benzene rings is 2. The Bertz CT molecular complexity index is 609. The van der Waals surface area contributed by atoms with E-state index >= 15 is 0 Å². The summed E-state index contributed by atoms with van der Waals surface area (Å²) in [4.78, 5) is 11.8. The molecule has 0 radical (unpaired) electrons. The average molecular weight is 302 g/mol. The Morgan fingerprint density at radius 1 is 0.952 bits per heavy atom. The molecule has 0 aliphatic rings. The maximum atomic E-state index is 11.8. The molecule has 0 aromatic heterocycles. The average Bonchev–Trinajstić information content (AvgIpc) is 2.45. The molecule has 21 heavy (non-hydrogen) atoms. The normalized spacial score (nSPS) is 11.2. The van der Waals surface area contributed by atoms with Crippen molar-refractivity contribution in [2.24, 2.45) is 5.41 Å². The van der Waals surface area contributed by atoms with Crippen molar-refractivity contribution in [1.82, 2.24) is 5.32 Å². The number of carbonyl (C=O) groups excluding carboxylic acids is 1. The summed E-state index contributed by atoms with van der Waals surface area (Å²) in [7, 11) is 0. The zero-order chi connectivity index (χ0) is 15.5. The van der Waals surface area contributed by atoms with Crippen LogP contribution in [0.1, 0.15) is 26.3 Å². The fraction of sp³-hybridized carbons (Fsp3) is 0.278. The maximum absolute atomic E-state index is 11.8. The highest BCUT2D eigenvalue weighted by Crippen LogP contribution is 2.22. The van der Waals surface area contributed by atoms with Crippen molar-refractivity contribution in [3.05, 3.63) is 59.1 Å². The number of hydrogen-bond acceptors (Lipinski definition) is 1. The molecule has 2 rings (SSSR count). The largest absolute Gasteiger partial charge is 0.352 e. The summed E-state index contributed by atoms with van der Waals surface area (Å²) in [6, 6.07) is 15.9. The quantitative estimate of drug-likeness (QED) is 0.877. The minimum absolute atomic E-state index is 0.0595. The van der Waals surface area contributed by atoms with E-state index in [9.17, 15) is 4.79 Å². The van der Waals surface area contributed by atoms with Crippen LogP contribution in [0.4, 0.5) is 0 Å². The molecule has 2 nitrogen and oxygen atoms in total. The minimum Gasteiger partial charge on any atom is -0.352 e. The lowest BCUT2D eigenvalue weighted by Gasteiger charge is -2.17. The lowest BCUT2D eigenvalue weighted by atomic mass is 9.95. The van der Waals surface area contributed by atoms with E-state index in [1.807, 2.05) is 57.2 Å². The second kappa shape index (κ2) is 6.31. The minimum atomic E-state index is -0.358. The van der Waals surface area contributed by atoms with Crippen LogP contribution < -0.4 is 5.32 Å². The van der Waals surface area contributed by atoms with Crippen molar-refractivity contribution in [2.75, 3.05) is 0 Å². The number of carbonyl (C=O) groups is 1. The molecule has 0 bridgehead atoms. The van der Waals surface area contributed by atoms with Crippen LogP contribution in [0.5, 0.6) is 0 Å². The van der Waals surface area contributed by atoms with Crippen molar-refractivity contribution in [2.45, 2.75) is 27.3 Å². The van der Waals surface area contributed by atoms with Crippen molar-refractivity contribution in [3.63, 3.8) is 0 Å². The summed E-state index contributed by atoms with van der Waals surface area (Å²) in [6.45, 7) is 6.28. The molecular formula is C18H20ClNO. The third kappa shape index (κ3) is 4.33. The molecule has 110 valence electrons. The van der Waals surface area contributed by atoms with Crippen LogP contribution in [0.3, 0.4) is 0 Å². The highest BCUT2D eigenvalue weighted by Gasteiger charge is 2.20. The van der Waals surface area contributed by atoms with Crippen LogP contribution in [0, 0.1) is 5.41 Å². The van der Waals surface area contributed by atoms with Gasteiger partial charge in [0.1, 0.15) is 0 Å². The first-order valence-electron chi connectivity index (χ1n) is 6.99. The Balaban J connectivity index is 2.02. The van der Waals surface area contributed by atoms with Gasteiger partial charge in [-0.05, 0) is 28.8 Å². The Morgan fingerprint density at radius 3 is 1.90 bits per heavy atom. The van der Waals surface area contributed by atoms with Crippen molar-refractivity contribution in [1.29, 1.82) is 0 Å². The van der Waals surface area contributed by atoms with Gasteiger partial charge in [-0.3, -0.25) is 4.79 Å². The topological polar surface area (TPSA) is 29.1 Å². The van der Waals surface area contributed by atoms with E-state index in [0.717, 1.165) is 21.7 Å². The van der Waals surface area contributed by atoms with Crippen LogP contribution in [0.2, 0.25) is 5.02 Å². The Kier molecular flexibility index (Phi) is 4.69. The Hall–Kier alpha value is -1.80. The monoisotopic (exact) mass is 301 g/mol. The predicted octanol–water partition coefficient (Wildman–Crippen LogP) is 4.67. The molecule has 0 fully saturated rings. The zero-order valence-electron chi connectivity index (χ0n) is 12.6. The molecule has 3 heteroatoms. The van der Waals surface area contributed by atoms with Crippen LogP contribution in [-0.2, 0) is 11.3 Å². The van der Waals surface area contributed by atoms with E-state index < -0.39 is 0 Å². The summed E-state index contributed by atoms with van der Waals surface area (Å²) in [5, 5.41) is 3.69. The van der Waals surface area contributed by atoms with Crippen LogP contribution in [0.15, 0.2) is 48.5 Å². The van der Waals surface area contributed by atoms with E-state index in [1.54, 1.807) is 0 Å². The summed E-state index contributed by atoms with van der Waals surface area (Å²) in [5.74, 6) is 0.0595. The molecule has 0 saturated heterocycles. The van der Waals surface area contributed by atoms with E-state index in [2.05, 4.69) is 17.4 Å². The number of amides is 1. The van der Waals surface area contributed by atoms with Gasteiger partial charge >= 0.3 is 0 Å². The van der Waals surface area contributed by atoms with Gasteiger partial charge in [-0.2, -0.15) is 0 Å². The summed E-state index contributed by atoms with van der Waals surface area (Å²) < 4.78 is 0. The van der Waals surface area contributed by atoms with Gasteiger partial charge in [-0.25, -0.2) is 0 Å². The van der Waals surface area contributed by atoms with E-state index in [1.165, 1.54) is 0 Å². The van der Waals surface area contributed by atoms with Gasteiger partial charge in [0.2, 0.25) is 5.91 Å². The first-order chi connectivity index (χ1) is 9.86. The third-order valence-electron chi connectivity index (χ3n) is 3.27. The van der Waals surface area contributed by atoms with Gasteiger partial charge in [0.15, 0.2) is 0 Å². The van der Waals surface area contributed by atoms with Crippen molar-refractivity contribution in [3.8, 4) is 11.1 Å². The molecule has 1 N–H and O–H groups in total. The van der Waals surface area contributed by atoms with Crippen LogP contribution >= 0.6 is 11.6 Å². The fourth-order valence-corrected chi connectivity index (χ4v) is 2.03. The van der Waals surface area contributed by atoms with Gasteiger partial charge in [-0.1, -0.05) is 68.8 Å². The Morgan fingerprint density at radius 2 is 1.43 bits per heavy atom. The standard InChI is InChI=1S/C18H20ClNO/c1-18(2,3)17(21)20-12-13-4-6-14(7-5-13)15-8-10-16(19)11-9-15/h4-11H,12H2,1-3H3,(H,20,21). The molecule has 0 heterocycles. The van der Waals surface area contributed by atoms with Crippen molar-refractivity contribution < 1.29 is 4.79 Å². The van der Waals surface area contributed by atoms with Gasteiger partial charge in [-0.15, -0.1) is 0 Å². The first kappa shape index (κ1) is 15.6. The van der Waals surface area contributed by atoms with Gasteiger partial charge in [0.05, 0.1) is 0 Å². The lowest BCUT2D eigenvalue weighted by molar-refractivity contribution is -0.128. The molecule has 0 atom stereocenters. The van der Waals surface area contributed by atoms with E-state index in [4.69, 9.17) is 11.6 Å². The molecular weight excluding hydrogens is 282 g/mol. The Labute approximate surface area is 131 Å². The number of nitrogens with one attached hydrogen (secondary N) is 1. The number of hydrogen-bond donors (Lipinski definition) is 1. The molecule has 0 aliphatic heterocycles. The third-order valence-corrected chi connectivity index (χ3v) is 3.52. The van der Waals surface area contributed by atoms with Gasteiger partial charge < -0.3 is 5.32 Å². The zero-order valence-corrected chi connectivity index (χ0v) is 13.4. The lowest BCUT2D eigenvalue weighted by Crippen LogP contribution is -2.34. The van der Waals surface area contributed by atoms with E-state index in [-0.39, 0.29) is 11.3 Å². The highest BCUT2D eigenvalue weighted by atomic mass is 35.5. The molecule has 0 spiro atoms. The van der Waals surface area contributed by atoms with Gasteiger partial charge in [0.25, 0.3) is 0 Å². The molecule has 0 saturated carbocycles. The molecule has 2 aromatic carbocycles.